The highest BCUT2D eigenvalue weighted by Gasteiger charge is 2.55. The molecule has 9 heterocycles. The molecule has 668 valence electrons. The van der Waals surface area contributed by atoms with Crippen molar-refractivity contribution in [2.24, 2.45) is 0 Å². The highest BCUT2D eigenvalue weighted by atomic mass is 35.5. The fourth-order valence-electron chi connectivity index (χ4n) is 15.6. The van der Waals surface area contributed by atoms with Crippen molar-refractivity contribution < 1.29 is 142 Å². The normalized spacial score (nSPS) is 25.0. The van der Waals surface area contributed by atoms with E-state index in [0.717, 1.165) is 76.2 Å². The summed E-state index contributed by atoms with van der Waals surface area (Å²) in [5.41, 5.74) is 3.40. The molecular weight excluding hydrogens is 1750 g/mol. The van der Waals surface area contributed by atoms with Crippen molar-refractivity contribution in [1.82, 2.24) is 59.2 Å². The molecule has 0 spiro atoms. The molecule has 5 fully saturated rings. The molecule has 15 atom stereocenters. The number of aromatic nitrogens is 12. The number of anilines is 3. The molecule has 3 saturated heterocycles. The van der Waals surface area contributed by atoms with E-state index in [1.54, 1.807) is 0 Å². The van der Waals surface area contributed by atoms with E-state index in [1.165, 1.54) is 86.7 Å². The molecule has 3 aliphatic heterocycles. The van der Waals surface area contributed by atoms with Crippen molar-refractivity contribution >= 4 is 120 Å². The lowest BCUT2D eigenvalue weighted by Gasteiger charge is -2.34. The highest BCUT2D eigenvalue weighted by Crippen LogP contribution is 2.56. The monoisotopic (exact) mass is 1840 g/mol. The maximum atomic E-state index is 12.5. The van der Waals surface area contributed by atoms with Crippen molar-refractivity contribution in [3.63, 3.8) is 0 Å². The molecule has 6 aliphatic rings. The SMILES string of the molecule is O=C(O)c1ccc(C[C@](CO)(OC[C@H]2O[C@@H](n3ncc4c(NC5CCCC5)nc(Cl)nc43)[C@H](O)[C@@H]2O)P(=O)(O)O)cc1.O=C(O)c1cccc(CC(CO)(OC[C@H]2O[C@@H](n3ncc4c(NC5CCCC5)nc(Cl)nc43)[C@H](O)[C@@H]2O)P(=O)(O)O)c1.O=P(O)(O)C(CO)(CO)OC[C@H]1O[C@@H](n2ncc3c(N[C@@H]4CCCc5ccccc54)nc(Cl)nc32)[C@H](O)[C@@H]1O. The van der Waals surface area contributed by atoms with E-state index < -0.39 is 183 Å². The first-order valence-corrected chi connectivity index (χ1v) is 44.7. The van der Waals surface area contributed by atoms with Crippen LogP contribution in [0.25, 0.3) is 33.1 Å². The Labute approximate surface area is 712 Å². The molecule has 0 amide bonds. The quantitative estimate of drug-likeness (QED) is 0.0219. The third kappa shape index (κ3) is 19.9. The number of aliphatic hydroxyl groups is 10. The number of hydrogen-bond acceptors (Lipinski definition) is 33. The fraction of sp³-hybridized carbons (Fsp3) is 0.521. The topological polar surface area (TPSA) is 672 Å². The number of ether oxygens (including phenoxy) is 6. The van der Waals surface area contributed by atoms with Gasteiger partial charge in [0.1, 0.15) is 72.4 Å². The lowest BCUT2D eigenvalue weighted by atomic mass is 9.88. The highest BCUT2D eigenvalue weighted by molar-refractivity contribution is 7.54. The van der Waals surface area contributed by atoms with Crippen molar-refractivity contribution in [2.75, 3.05) is 62.2 Å². The maximum Gasteiger partial charge on any atom is 0.361 e. The van der Waals surface area contributed by atoms with E-state index >= 15 is 0 Å². The zero-order valence-electron chi connectivity index (χ0n) is 64.8. The van der Waals surface area contributed by atoms with Gasteiger partial charge in [0.25, 0.3) is 0 Å². The number of benzene rings is 3. The average Bonchev–Trinajstić information content (AvgIpc) is 1.59. The van der Waals surface area contributed by atoms with Gasteiger partial charge in [-0.1, -0.05) is 74.2 Å². The number of halogens is 3. The molecule has 3 aliphatic carbocycles. The largest absolute Gasteiger partial charge is 0.478 e. The number of aliphatic hydroxyl groups excluding tert-OH is 10. The van der Waals surface area contributed by atoms with Gasteiger partial charge in [0.2, 0.25) is 21.2 Å². The van der Waals surface area contributed by atoms with Crippen LogP contribution < -0.4 is 16.0 Å². The summed E-state index contributed by atoms with van der Waals surface area (Å²) in [5, 5.41) is 139. The van der Waals surface area contributed by atoms with Crippen LogP contribution >= 0.6 is 57.6 Å². The third-order valence-electron chi connectivity index (χ3n) is 22.6. The number of aryl methyl sites for hydroxylation is 1. The molecule has 15 rings (SSSR count). The van der Waals surface area contributed by atoms with Crippen LogP contribution in [0.3, 0.4) is 0 Å². The molecule has 2 saturated carbocycles. The van der Waals surface area contributed by atoms with Gasteiger partial charge < -0.3 is 135 Å². The lowest BCUT2D eigenvalue weighted by Crippen LogP contribution is -2.44. The summed E-state index contributed by atoms with van der Waals surface area (Å²) >= 11 is 18.6. The van der Waals surface area contributed by atoms with E-state index in [4.69, 9.17) is 68.3 Å². The van der Waals surface area contributed by atoms with Gasteiger partial charge in [-0.2, -0.15) is 45.2 Å². The Morgan fingerprint density at radius 2 is 0.821 bits per heavy atom. The second-order valence-electron chi connectivity index (χ2n) is 30.6. The number of nitrogens with zero attached hydrogens (tertiary/aromatic N) is 12. The Hall–Kier alpha value is -7.67. The minimum Gasteiger partial charge on any atom is -0.478 e. The van der Waals surface area contributed by atoms with Crippen LogP contribution in [0.4, 0.5) is 17.5 Å². The number of hydrogen-bond donors (Lipinski definition) is 21. The summed E-state index contributed by atoms with van der Waals surface area (Å²) < 4.78 is 74.3. The van der Waals surface area contributed by atoms with Gasteiger partial charge in [-0.25, -0.2) is 23.6 Å². The predicted molar refractivity (Wildman–Crippen MR) is 431 cm³/mol. The van der Waals surface area contributed by atoms with Crippen molar-refractivity contribution in [3.8, 4) is 0 Å². The molecule has 9 aromatic rings. The maximum absolute atomic E-state index is 12.5. The Morgan fingerprint density at radius 1 is 0.447 bits per heavy atom. The Bertz CT molecular complexity index is 5390. The Kier molecular flexibility index (Phi) is 29.1. The van der Waals surface area contributed by atoms with Crippen molar-refractivity contribution in [2.45, 2.75) is 191 Å². The summed E-state index contributed by atoms with van der Waals surface area (Å²) in [4.78, 5) is 108. The summed E-state index contributed by atoms with van der Waals surface area (Å²) in [7, 11) is -15.5. The van der Waals surface area contributed by atoms with Gasteiger partial charge in [-0.05, 0) is 126 Å². The summed E-state index contributed by atoms with van der Waals surface area (Å²) in [5.74, 6) is -1.05. The molecule has 0 radical (unpaired) electrons. The van der Waals surface area contributed by atoms with Crippen LogP contribution in [-0.2, 0) is 61.4 Å². The third-order valence-corrected chi connectivity index (χ3v) is 27.5. The van der Waals surface area contributed by atoms with Crippen molar-refractivity contribution in [1.29, 1.82) is 0 Å². The lowest BCUT2D eigenvalue weighted by molar-refractivity contribution is -0.121. The van der Waals surface area contributed by atoms with Crippen LogP contribution in [-0.4, -0.2) is 291 Å². The molecule has 50 heteroatoms. The summed E-state index contributed by atoms with van der Waals surface area (Å²) in [6.45, 7) is -6.57. The number of carbonyl (C=O) groups is 2. The second-order valence-corrected chi connectivity index (χ2v) is 37.3. The van der Waals surface area contributed by atoms with Gasteiger partial charge in [0, 0.05) is 24.9 Å². The molecular formula is C73H91Cl3N15O29P3. The number of rotatable bonds is 31. The van der Waals surface area contributed by atoms with Crippen LogP contribution in [0.5, 0.6) is 0 Å². The van der Waals surface area contributed by atoms with E-state index in [2.05, 4.69) is 73.3 Å². The summed E-state index contributed by atoms with van der Waals surface area (Å²) in [6.07, 6.45) is -2.47. The van der Waals surface area contributed by atoms with Crippen LogP contribution in [0, 0.1) is 0 Å². The van der Waals surface area contributed by atoms with Gasteiger partial charge in [0.05, 0.1) is 98.2 Å². The first-order valence-electron chi connectivity index (χ1n) is 38.7. The molecule has 6 aromatic heterocycles. The van der Waals surface area contributed by atoms with Crippen LogP contribution in [0.1, 0.15) is 132 Å². The zero-order chi connectivity index (χ0) is 88.4. The predicted octanol–water partition coefficient (Wildman–Crippen LogP) is 3.02. The first-order chi connectivity index (χ1) is 58.4. The Balaban J connectivity index is 0.000000159. The van der Waals surface area contributed by atoms with Gasteiger partial charge >= 0.3 is 34.7 Å². The number of carboxylic acid groups (broad SMARTS) is 2. The van der Waals surface area contributed by atoms with Crippen LogP contribution in [0.2, 0.25) is 15.9 Å². The number of carboxylic acids is 2. The van der Waals surface area contributed by atoms with Gasteiger partial charge in [-0.15, -0.1) is 0 Å². The molecule has 1 unspecified atom stereocenters. The number of fused-ring (bicyclic) bond motifs is 4. The minimum atomic E-state index is -5.20. The van der Waals surface area contributed by atoms with E-state index in [9.17, 15) is 109 Å². The number of nitrogens with one attached hydrogen (secondary N) is 3. The van der Waals surface area contributed by atoms with E-state index in [-0.39, 0.29) is 73.2 Å². The zero-order valence-corrected chi connectivity index (χ0v) is 69.8. The average molecular weight is 1840 g/mol. The van der Waals surface area contributed by atoms with Crippen molar-refractivity contribution in [3.05, 3.63) is 141 Å². The van der Waals surface area contributed by atoms with Gasteiger partial charge in [-0.3, -0.25) is 13.7 Å². The van der Waals surface area contributed by atoms with Gasteiger partial charge in [0.15, 0.2) is 46.3 Å². The smallest absolute Gasteiger partial charge is 0.361 e. The Morgan fingerprint density at radius 3 is 1.20 bits per heavy atom. The fourth-order valence-corrected chi connectivity index (χ4v) is 18.3. The molecule has 0 bridgehead atoms. The molecule has 3 aromatic carbocycles. The van der Waals surface area contributed by atoms with E-state index in [0.29, 0.717) is 33.6 Å². The second kappa shape index (κ2) is 38.5. The molecule has 123 heavy (non-hydrogen) atoms. The van der Waals surface area contributed by atoms with E-state index in [1.807, 2.05) is 12.1 Å². The van der Waals surface area contributed by atoms with Crippen LogP contribution in [0.15, 0.2) is 91.4 Å². The summed E-state index contributed by atoms with van der Waals surface area (Å²) in [6, 6.07) is 19.1. The standard InChI is InChI=1S/2C25H31ClN5O10P.C23H29ClN5O9P/c26-24-29-20(28-15-6-1-2-7-15)16-10-27-31(21(16)30-24)22-19(34)18(33)17(41-22)11-40-25(12-32,42(37,38)39)9-13-4-3-5-14(8-13)23(35)36;26-24-29-20(28-15-3-1-2-4-15)16-10-27-31(21(16)30-24)22-19(34)18(33)17(41-22)11-40-25(12-32,42(37,38)39)9-13-5-7-14(8-6-13)23(35)36;24-22-27-19(26-15-7-3-5-12-4-1-2-6-13(12)15)14-8-25-29(20(14)28-22)21-18(33)17(32)16(38-21)9-37-23(10-30,11-31)39(34,35)36/h3-5,8,10,15,17-19,22,32-34H,1-2,6-7,9,11-12H2,(H,35,36)(H,28,29,30)(H2,37,38,39);5-8,10,15,17-19,22,32-34H,1-4,9,11-12H2,(H,35,36)(H,28,29,30)(H2,37,38,39);1-2,4,6,8,15-18,21,30-33H,3,5,7,9-11H2,(H,26,27,28)(H2,34,35,36)/t17-,18-,19-,22-,25?;17-,18-,19-,22-,25+;15-,16-,17-,18-,21-/m111/s1. The molecule has 21 N–H and O–H groups in total. The minimum absolute atomic E-state index is 0.0171. The molecule has 44 nitrogen and oxygen atoms in total. The number of aromatic carboxylic acids is 2. The first kappa shape index (κ1) is 93.0.